The van der Waals surface area contributed by atoms with Crippen LogP contribution in [0.25, 0.3) is 0 Å². The molecule has 0 aliphatic heterocycles. The lowest BCUT2D eigenvalue weighted by molar-refractivity contribution is 0.401. The summed E-state index contributed by atoms with van der Waals surface area (Å²) in [6.45, 7) is 0. The molecule has 0 atom stereocenters. The lowest BCUT2D eigenvalue weighted by Crippen LogP contribution is -2.37. The average molecular weight is 333 g/mol. The number of nitrogens with zero attached hydrogens (tertiary/aromatic N) is 1. The van der Waals surface area contributed by atoms with E-state index < -0.39 is 0 Å². The van der Waals surface area contributed by atoms with Crippen LogP contribution >= 0.6 is 31.9 Å². The van der Waals surface area contributed by atoms with Gasteiger partial charge in [0, 0.05) is 34.1 Å². The Hall–Kier alpha value is -0.0200. The molecule has 1 aliphatic carbocycles. The average Bonchev–Trinajstić information content (AvgIpc) is 2.14. The van der Waals surface area contributed by atoms with Gasteiger partial charge in [-0.1, -0.05) is 37.9 Å². The molecule has 0 spiro atoms. The van der Waals surface area contributed by atoms with Crippen molar-refractivity contribution in [2.24, 2.45) is 0 Å². The molecule has 0 amide bonds. The number of hydrogen-bond acceptors (Lipinski definition) is 1. The van der Waals surface area contributed by atoms with Crippen molar-refractivity contribution < 1.29 is 0 Å². The van der Waals surface area contributed by atoms with Crippen LogP contribution in [0.4, 0.5) is 5.69 Å². The van der Waals surface area contributed by atoms with E-state index in [2.05, 4.69) is 62.0 Å². The molecule has 1 aromatic carbocycles. The Morgan fingerprint density at radius 3 is 2.67 bits per heavy atom. The Morgan fingerprint density at radius 2 is 2.13 bits per heavy atom. The third-order valence-corrected chi connectivity index (χ3v) is 4.53. The highest BCUT2D eigenvalue weighted by molar-refractivity contribution is 9.10. The van der Waals surface area contributed by atoms with Crippen LogP contribution in [0.1, 0.15) is 24.8 Å². The first kappa shape index (κ1) is 11.5. The van der Waals surface area contributed by atoms with Crippen LogP contribution in [0, 0.1) is 0 Å². The Labute approximate surface area is 108 Å². The molecular formula is C12H15Br2N. The molecule has 1 aromatic rings. The van der Waals surface area contributed by atoms with E-state index in [-0.39, 0.29) is 0 Å². The first-order valence-electron chi connectivity index (χ1n) is 5.30. The summed E-state index contributed by atoms with van der Waals surface area (Å²) in [7, 11) is 2.21. The number of alkyl halides is 1. The molecular weight excluding hydrogens is 318 g/mol. The lowest BCUT2D eigenvalue weighted by Gasteiger charge is -2.37. The van der Waals surface area contributed by atoms with E-state index in [1.54, 1.807) is 0 Å². The maximum Gasteiger partial charge on any atom is 0.0418 e. The summed E-state index contributed by atoms with van der Waals surface area (Å²) in [5, 5.41) is 0.904. The summed E-state index contributed by atoms with van der Waals surface area (Å²) in [5.74, 6) is 0. The molecule has 15 heavy (non-hydrogen) atoms. The van der Waals surface area contributed by atoms with Crippen LogP contribution in [0.15, 0.2) is 22.7 Å². The van der Waals surface area contributed by atoms with Crippen molar-refractivity contribution in [1.29, 1.82) is 0 Å². The van der Waals surface area contributed by atoms with Crippen LogP contribution in [-0.4, -0.2) is 13.1 Å². The Morgan fingerprint density at radius 1 is 1.40 bits per heavy atom. The van der Waals surface area contributed by atoms with E-state index in [9.17, 15) is 0 Å². The van der Waals surface area contributed by atoms with Gasteiger partial charge in [0.25, 0.3) is 0 Å². The summed E-state index contributed by atoms with van der Waals surface area (Å²) in [5.41, 5.74) is 2.71. The standard InChI is InChI=1S/C12H15Br2N/c1-15(9-4-2-5-9)12-7-3-6-11(14)10(12)8-13/h3,6-7,9H,2,4-5,8H2,1H3. The Balaban J connectivity index is 2.29. The largest absolute Gasteiger partial charge is 0.371 e. The second-order valence-electron chi connectivity index (χ2n) is 4.07. The van der Waals surface area contributed by atoms with Gasteiger partial charge in [0.15, 0.2) is 0 Å². The zero-order chi connectivity index (χ0) is 10.8. The fourth-order valence-electron chi connectivity index (χ4n) is 1.98. The first-order valence-corrected chi connectivity index (χ1v) is 7.21. The molecule has 1 saturated carbocycles. The highest BCUT2D eigenvalue weighted by atomic mass is 79.9. The minimum Gasteiger partial charge on any atom is -0.371 e. The van der Waals surface area contributed by atoms with Crippen LogP contribution in [-0.2, 0) is 5.33 Å². The third kappa shape index (κ3) is 2.23. The van der Waals surface area contributed by atoms with Gasteiger partial charge in [-0.3, -0.25) is 0 Å². The zero-order valence-electron chi connectivity index (χ0n) is 8.84. The van der Waals surface area contributed by atoms with Crippen molar-refractivity contribution in [3.05, 3.63) is 28.2 Å². The van der Waals surface area contributed by atoms with Gasteiger partial charge >= 0.3 is 0 Å². The summed E-state index contributed by atoms with van der Waals surface area (Å²) in [6.07, 6.45) is 4.06. The smallest absolute Gasteiger partial charge is 0.0418 e. The summed E-state index contributed by atoms with van der Waals surface area (Å²) >= 11 is 7.17. The fourth-order valence-corrected chi connectivity index (χ4v) is 3.44. The molecule has 0 saturated heterocycles. The lowest BCUT2D eigenvalue weighted by atomic mass is 9.91. The third-order valence-electron chi connectivity index (χ3n) is 3.23. The van der Waals surface area contributed by atoms with E-state index in [1.165, 1.54) is 35.0 Å². The number of halogens is 2. The Bertz CT molecular complexity index is 347. The fraction of sp³-hybridized carbons (Fsp3) is 0.500. The number of rotatable bonds is 3. The Kier molecular flexibility index (Phi) is 3.73. The SMILES string of the molecule is CN(c1cccc(Br)c1CBr)C1CCC1. The minimum atomic E-state index is 0.747. The van der Waals surface area contributed by atoms with Crippen molar-refractivity contribution in [3.63, 3.8) is 0 Å². The highest BCUT2D eigenvalue weighted by Gasteiger charge is 2.23. The van der Waals surface area contributed by atoms with Crippen LogP contribution in [0.2, 0.25) is 0 Å². The maximum atomic E-state index is 3.61. The molecule has 0 unspecified atom stereocenters. The van der Waals surface area contributed by atoms with Gasteiger partial charge in [-0.25, -0.2) is 0 Å². The summed E-state index contributed by atoms with van der Waals surface area (Å²) < 4.78 is 1.20. The maximum absolute atomic E-state index is 3.61. The zero-order valence-corrected chi connectivity index (χ0v) is 12.0. The number of benzene rings is 1. The highest BCUT2D eigenvalue weighted by Crippen LogP contribution is 2.34. The van der Waals surface area contributed by atoms with Crippen molar-refractivity contribution in [3.8, 4) is 0 Å². The molecule has 0 aromatic heterocycles. The van der Waals surface area contributed by atoms with Crippen molar-refractivity contribution >= 4 is 37.5 Å². The van der Waals surface area contributed by atoms with Gasteiger partial charge in [-0.2, -0.15) is 0 Å². The molecule has 0 radical (unpaired) electrons. The molecule has 3 heteroatoms. The van der Waals surface area contributed by atoms with Gasteiger partial charge in [-0.15, -0.1) is 0 Å². The van der Waals surface area contributed by atoms with E-state index in [4.69, 9.17) is 0 Å². The molecule has 1 aliphatic rings. The second-order valence-corrected chi connectivity index (χ2v) is 5.48. The second kappa shape index (κ2) is 4.88. The first-order chi connectivity index (χ1) is 7.24. The van der Waals surface area contributed by atoms with Gasteiger partial charge in [0.2, 0.25) is 0 Å². The van der Waals surface area contributed by atoms with Gasteiger partial charge in [0.05, 0.1) is 0 Å². The van der Waals surface area contributed by atoms with E-state index in [0.717, 1.165) is 11.4 Å². The molecule has 1 nitrogen and oxygen atoms in total. The predicted molar refractivity (Wildman–Crippen MR) is 72.8 cm³/mol. The van der Waals surface area contributed by atoms with Crippen LogP contribution in [0.5, 0.6) is 0 Å². The van der Waals surface area contributed by atoms with Gasteiger partial charge in [0.1, 0.15) is 0 Å². The predicted octanol–water partition coefficient (Wildman–Crippen LogP) is 4.33. The van der Waals surface area contributed by atoms with Gasteiger partial charge in [-0.05, 0) is 31.4 Å². The van der Waals surface area contributed by atoms with Crippen molar-refractivity contribution in [2.75, 3.05) is 11.9 Å². The van der Waals surface area contributed by atoms with Gasteiger partial charge < -0.3 is 4.90 Å². The molecule has 0 bridgehead atoms. The van der Waals surface area contributed by atoms with E-state index in [0.29, 0.717) is 0 Å². The summed E-state index contributed by atoms with van der Waals surface area (Å²) in [6, 6.07) is 7.17. The normalized spacial score (nSPS) is 16.2. The van der Waals surface area contributed by atoms with Crippen molar-refractivity contribution in [2.45, 2.75) is 30.6 Å². The molecule has 0 N–H and O–H groups in total. The molecule has 2 rings (SSSR count). The molecule has 1 fully saturated rings. The molecule has 0 heterocycles. The molecule has 82 valence electrons. The number of anilines is 1. The van der Waals surface area contributed by atoms with Crippen molar-refractivity contribution in [1.82, 2.24) is 0 Å². The van der Waals surface area contributed by atoms with Crippen LogP contribution < -0.4 is 4.90 Å². The minimum absolute atomic E-state index is 0.747. The van der Waals surface area contributed by atoms with E-state index in [1.807, 2.05) is 0 Å². The summed E-state index contributed by atoms with van der Waals surface area (Å²) in [4.78, 5) is 2.42. The quantitative estimate of drug-likeness (QED) is 0.744. The number of hydrogen-bond donors (Lipinski definition) is 0. The monoisotopic (exact) mass is 331 g/mol. The van der Waals surface area contributed by atoms with E-state index >= 15 is 0 Å². The topological polar surface area (TPSA) is 3.24 Å². The van der Waals surface area contributed by atoms with Crippen LogP contribution in [0.3, 0.4) is 0 Å².